The number of hydrogen-bond acceptors (Lipinski definition) is 4. The smallest absolute Gasteiger partial charge is 0.267 e. The molecule has 0 bridgehead atoms. The van der Waals surface area contributed by atoms with E-state index in [1.807, 2.05) is 17.0 Å². The first-order valence-corrected chi connectivity index (χ1v) is 8.28. The van der Waals surface area contributed by atoms with Gasteiger partial charge in [-0.2, -0.15) is 0 Å². The number of nitrogens with one attached hydrogen (secondary N) is 1. The number of hydroxylamine groups is 1. The summed E-state index contributed by atoms with van der Waals surface area (Å²) in [7, 11) is 0. The van der Waals surface area contributed by atoms with Gasteiger partial charge < -0.3 is 4.90 Å². The van der Waals surface area contributed by atoms with Gasteiger partial charge in [0.05, 0.1) is 11.4 Å². The molecule has 140 valence electrons. The molecule has 3 rings (SSSR count). The molecule has 1 aliphatic heterocycles. The first-order chi connectivity index (χ1) is 12.7. The van der Waals surface area contributed by atoms with Crippen molar-refractivity contribution in [3.8, 4) is 0 Å². The Morgan fingerprint density at radius 2 is 1.67 bits per heavy atom. The molecule has 2 heterocycles. The lowest BCUT2D eigenvalue weighted by Gasteiger charge is -2.27. The first-order valence-electron chi connectivity index (χ1n) is 8.28. The molecule has 2 aromatic rings. The minimum absolute atomic E-state index is 0. The zero-order valence-electron chi connectivity index (χ0n) is 14.5. The molecule has 0 fully saturated rings. The molecule has 0 saturated heterocycles. The Bertz CT molecular complexity index is 880. The number of hydrogen-bond donors (Lipinski definition) is 2. The van der Waals surface area contributed by atoms with Crippen molar-refractivity contribution in [1.82, 2.24) is 15.4 Å². The van der Waals surface area contributed by atoms with Gasteiger partial charge in [-0.3, -0.25) is 14.8 Å². The van der Waals surface area contributed by atoms with Gasteiger partial charge in [0.1, 0.15) is 0 Å². The van der Waals surface area contributed by atoms with Gasteiger partial charge in [-0.1, -0.05) is 30.3 Å². The number of nitrogens with zero attached hydrogens (tertiary/aromatic N) is 2. The number of aromatic nitrogens is 1. The van der Waals surface area contributed by atoms with Crippen molar-refractivity contribution in [2.45, 2.75) is 13.0 Å². The van der Waals surface area contributed by atoms with Gasteiger partial charge in [0.25, 0.3) is 5.91 Å². The second kappa shape index (κ2) is 9.66. The Morgan fingerprint density at radius 3 is 2.37 bits per heavy atom. The van der Waals surface area contributed by atoms with Gasteiger partial charge in [-0.25, -0.2) is 10.5 Å². The Kier molecular flexibility index (Phi) is 7.28. The van der Waals surface area contributed by atoms with Crippen molar-refractivity contribution in [3.63, 3.8) is 0 Å². The summed E-state index contributed by atoms with van der Waals surface area (Å²) >= 11 is 0. The molecule has 6 nitrogen and oxygen atoms in total. The fraction of sp³-hybridized carbons (Fsp3) is 0.150. The van der Waals surface area contributed by atoms with Crippen molar-refractivity contribution >= 4 is 36.4 Å². The molecule has 0 unspecified atom stereocenters. The number of carbonyl (C=O) groups is 2. The molecule has 0 atom stereocenters. The van der Waals surface area contributed by atoms with Crippen LogP contribution in [0.4, 0.5) is 0 Å². The number of benzene rings is 1. The summed E-state index contributed by atoms with van der Waals surface area (Å²) in [6.07, 6.45) is 6.69. The molecule has 7 heteroatoms. The highest BCUT2D eigenvalue weighted by Crippen LogP contribution is 2.18. The molecule has 2 N–H and O–H groups in total. The summed E-state index contributed by atoms with van der Waals surface area (Å²) in [4.78, 5) is 29.6. The average Bonchev–Trinajstić information content (AvgIpc) is 2.70. The topological polar surface area (TPSA) is 82.5 Å². The van der Waals surface area contributed by atoms with E-state index in [9.17, 15) is 9.59 Å². The quantitative estimate of drug-likeness (QED) is 0.481. The van der Waals surface area contributed by atoms with Crippen LogP contribution in [0, 0.1) is 0 Å². The van der Waals surface area contributed by atoms with E-state index < -0.39 is 5.91 Å². The second-order valence-electron chi connectivity index (χ2n) is 5.91. The lowest BCUT2D eigenvalue weighted by molar-refractivity contribution is -0.127. The number of rotatable bonds is 4. The molecule has 1 aromatic carbocycles. The molecular weight excluding hydrogens is 366 g/mol. The fourth-order valence-electron chi connectivity index (χ4n) is 2.80. The second-order valence-corrected chi connectivity index (χ2v) is 5.91. The molecule has 27 heavy (non-hydrogen) atoms. The van der Waals surface area contributed by atoms with Crippen molar-refractivity contribution in [2.75, 3.05) is 6.54 Å². The SMILES string of the molecule is Cl.O=C(C=Cc1cccc(C=CC(=O)N2CCc3ccccc3C2)n1)NO. The van der Waals surface area contributed by atoms with Crippen molar-refractivity contribution in [1.29, 1.82) is 0 Å². The van der Waals surface area contributed by atoms with Gasteiger partial charge in [-0.15, -0.1) is 12.4 Å². The van der Waals surface area contributed by atoms with Crippen LogP contribution in [0.25, 0.3) is 12.2 Å². The van der Waals surface area contributed by atoms with Crippen molar-refractivity contribution < 1.29 is 14.8 Å². The van der Waals surface area contributed by atoms with Gasteiger partial charge in [0, 0.05) is 25.2 Å². The van der Waals surface area contributed by atoms with Gasteiger partial charge in [0.15, 0.2) is 0 Å². The molecule has 0 saturated carbocycles. The van der Waals surface area contributed by atoms with Crippen LogP contribution in [0.2, 0.25) is 0 Å². The highest BCUT2D eigenvalue weighted by molar-refractivity contribution is 5.92. The number of carbonyl (C=O) groups excluding carboxylic acids is 2. The minimum atomic E-state index is -0.631. The highest BCUT2D eigenvalue weighted by atomic mass is 35.5. The maximum absolute atomic E-state index is 12.4. The Balaban J connectivity index is 0.00000261. The van der Waals surface area contributed by atoms with Crippen LogP contribution in [-0.4, -0.2) is 33.5 Å². The summed E-state index contributed by atoms with van der Waals surface area (Å²) in [5, 5.41) is 8.47. The normalized spacial score (nSPS) is 13.3. The zero-order chi connectivity index (χ0) is 18.4. The van der Waals surface area contributed by atoms with Crippen LogP contribution in [0.3, 0.4) is 0 Å². The molecule has 1 aliphatic rings. The Morgan fingerprint density at radius 1 is 1.00 bits per heavy atom. The van der Waals surface area contributed by atoms with E-state index in [2.05, 4.69) is 17.1 Å². The molecule has 1 aromatic heterocycles. The van der Waals surface area contributed by atoms with Crippen LogP contribution in [0.15, 0.2) is 54.6 Å². The highest BCUT2D eigenvalue weighted by Gasteiger charge is 2.18. The van der Waals surface area contributed by atoms with E-state index in [1.165, 1.54) is 34.8 Å². The monoisotopic (exact) mass is 385 g/mol. The molecule has 2 amide bonds. The number of halogens is 1. The Hall–Kier alpha value is -2.96. The maximum atomic E-state index is 12.4. The fourth-order valence-corrected chi connectivity index (χ4v) is 2.80. The predicted molar refractivity (Wildman–Crippen MR) is 105 cm³/mol. The van der Waals surface area contributed by atoms with Crippen molar-refractivity contribution in [2.24, 2.45) is 0 Å². The van der Waals surface area contributed by atoms with E-state index in [0.29, 0.717) is 24.5 Å². The maximum Gasteiger partial charge on any atom is 0.267 e. The Labute approximate surface area is 163 Å². The summed E-state index contributed by atoms with van der Waals surface area (Å²) in [6.45, 7) is 1.32. The summed E-state index contributed by atoms with van der Waals surface area (Å²) < 4.78 is 0. The molecule has 0 radical (unpaired) electrons. The van der Waals surface area contributed by atoms with Gasteiger partial charge >= 0.3 is 0 Å². The lowest BCUT2D eigenvalue weighted by atomic mass is 10.00. The molecular formula is C20H20ClN3O3. The number of amides is 2. The van der Waals surface area contributed by atoms with E-state index >= 15 is 0 Å². The van der Waals surface area contributed by atoms with E-state index in [1.54, 1.807) is 24.3 Å². The van der Waals surface area contributed by atoms with Crippen molar-refractivity contribution in [3.05, 3.63) is 77.1 Å². The summed E-state index contributed by atoms with van der Waals surface area (Å²) in [5.41, 5.74) is 5.17. The van der Waals surface area contributed by atoms with Gasteiger partial charge in [0.2, 0.25) is 5.91 Å². The first kappa shape index (κ1) is 20.4. The van der Waals surface area contributed by atoms with Crippen LogP contribution >= 0.6 is 12.4 Å². The van der Waals surface area contributed by atoms with Gasteiger partial charge in [-0.05, 0) is 41.8 Å². The minimum Gasteiger partial charge on any atom is -0.334 e. The van der Waals surface area contributed by atoms with E-state index in [-0.39, 0.29) is 18.3 Å². The third-order valence-corrected chi connectivity index (χ3v) is 4.15. The standard InChI is InChI=1S/C20H19N3O3.ClH/c24-19(22-26)10-8-17-6-3-7-18(21-17)9-11-20(25)23-13-12-15-4-1-2-5-16(15)14-23;/h1-11,26H,12-14H2,(H,22,24);1H. The van der Waals surface area contributed by atoms with Crippen LogP contribution < -0.4 is 5.48 Å². The zero-order valence-corrected chi connectivity index (χ0v) is 15.4. The predicted octanol–water partition coefficient (Wildman–Crippen LogP) is 2.62. The average molecular weight is 386 g/mol. The van der Waals surface area contributed by atoms with Crippen LogP contribution in [0.5, 0.6) is 0 Å². The third kappa shape index (κ3) is 5.51. The molecule has 0 spiro atoms. The van der Waals surface area contributed by atoms with Crippen LogP contribution in [0.1, 0.15) is 22.5 Å². The number of pyridine rings is 1. The van der Waals surface area contributed by atoms with E-state index in [0.717, 1.165) is 6.42 Å². The largest absolute Gasteiger partial charge is 0.334 e. The lowest BCUT2D eigenvalue weighted by Crippen LogP contribution is -2.34. The summed E-state index contributed by atoms with van der Waals surface area (Å²) in [6, 6.07) is 13.5. The molecule has 0 aliphatic carbocycles. The van der Waals surface area contributed by atoms with Crippen LogP contribution in [-0.2, 0) is 22.6 Å². The summed E-state index contributed by atoms with van der Waals surface area (Å²) in [5.74, 6) is -0.685. The third-order valence-electron chi connectivity index (χ3n) is 4.15. The van der Waals surface area contributed by atoms with E-state index in [4.69, 9.17) is 5.21 Å². The number of fused-ring (bicyclic) bond motifs is 1.